The smallest absolute Gasteiger partial charge is 0.346 e. The summed E-state index contributed by atoms with van der Waals surface area (Å²) in [5.74, 6) is -2.87. The Morgan fingerprint density at radius 1 is 1.27 bits per heavy atom. The molecule has 0 fully saturated rings. The molecule has 7 heteroatoms. The second kappa shape index (κ2) is 4.39. The van der Waals surface area contributed by atoms with E-state index in [1.165, 1.54) is 11.4 Å². The van der Waals surface area contributed by atoms with E-state index in [1.807, 2.05) is 0 Å². The predicted octanol–water partition coefficient (Wildman–Crippen LogP) is -0.0748. The van der Waals surface area contributed by atoms with Crippen LogP contribution in [-0.4, -0.2) is 38.5 Å². The lowest BCUT2D eigenvalue weighted by Gasteiger charge is -2.13. The molecule has 0 aliphatic carbocycles. The van der Waals surface area contributed by atoms with Crippen molar-refractivity contribution in [1.29, 1.82) is 0 Å². The molecule has 1 aromatic heterocycles. The zero-order chi connectivity index (χ0) is 11.6. The summed E-state index contributed by atoms with van der Waals surface area (Å²) in [4.78, 5) is 20.8. The van der Waals surface area contributed by atoms with Crippen molar-refractivity contribution in [1.82, 2.24) is 0 Å². The van der Waals surface area contributed by atoms with Gasteiger partial charge in [-0.25, -0.2) is 9.59 Å². The van der Waals surface area contributed by atoms with Crippen LogP contribution in [-0.2, 0) is 4.79 Å². The van der Waals surface area contributed by atoms with Gasteiger partial charge in [0.25, 0.3) is 0 Å². The fourth-order valence-electron chi connectivity index (χ4n) is 1.03. The summed E-state index contributed by atoms with van der Waals surface area (Å²) in [5, 5.41) is 36.9. The Bertz CT molecular complexity index is 384. The lowest BCUT2D eigenvalue weighted by molar-refractivity contribution is -0.153. The number of rotatable bonds is 4. The Morgan fingerprint density at radius 3 is 2.33 bits per heavy atom. The van der Waals surface area contributed by atoms with Crippen molar-refractivity contribution in [2.75, 3.05) is 0 Å². The van der Waals surface area contributed by atoms with Gasteiger partial charge in [-0.2, -0.15) is 0 Å². The number of thiophene rings is 1. The minimum Gasteiger partial charge on any atom is -0.479 e. The topological polar surface area (TPSA) is 115 Å². The average molecular weight is 232 g/mol. The molecule has 82 valence electrons. The Balaban J connectivity index is 3.00. The Hall–Kier alpha value is -1.44. The van der Waals surface area contributed by atoms with Crippen molar-refractivity contribution in [3.05, 3.63) is 21.9 Å². The molecule has 0 amide bonds. The summed E-state index contributed by atoms with van der Waals surface area (Å²) in [6.07, 6.45) is -3.77. The van der Waals surface area contributed by atoms with Crippen LogP contribution in [0.5, 0.6) is 0 Å². The van der Waals surface area contributed by atoms with Gasteiger partial charge in [0.15, 0.2) is 6.10 Å². The van der Waals surface area contributed by atoms with Gasteiger partial charge in [0.2, 0.25) is 0 Å². The molecule has 1 aromatic rings. The molecule has 6 nitrogen and oxygen atoms in total. The maximum absolute atomic E-state index is 10.7. The first-order chi connectivity index (χ1) is 6.95. The highest BCUT2D eigenvalue weighted by molar-refractivity contribution is 7.12. The molecule has 15 heavy (non-hydrogen) atoms. The van der Waals surface area contributed by atoms with Gasteiger partial charge in [-0.3, -0.25) is 0 Å². The minimum atomic E-state index is -2.03. The predicted molar refractivity (Wildman–Crippen MR) is 49.9 cm³/mol. The van der Waals surface area contributed by atoms with E-state index in [1.54, 1.807) is 0 Å². The molecule has 1 rings (SSSR count). The van der Waals surface area contributed by atoms with Gasteiger partial charge in [-0.05, 0) is 11.4 Å². The SMILES string of the molecule is O=C(O)c1sccc1C(O)C(O)C(=O)O. The molecule has 2 atom stereocenters. The molecule has 0 aliphatic rings. The number of aliphatic carboxylic acids is 1. The summed E-state index contributed by atoms with van der Waals surface area (Å²) in [5.41, 5.74) is -0.0950. The number of aliphatic hydroxyl groups excluding tert-OH is 2. The van der Waals surface area contributed by atoms with E-state index in [9.17, 15) is 14.7 Å². The third-order valence-electron chi connectivity index (χ3n) is 1.76. The first kappa shape index (κ1) is 11.6. The number of aromatic carboxylic acids is 1. The van der Waals surface area contributed by atoms with E-state index in [-0.39, 0.29) is 10.4 Å². The maximum Gasteiger partial charge on any atom is 0.346 e. The summed E-state index contributed by atoms with van der Waals surface area (Å²) < 4.78 is 0. The molecule has 0 bridgehead atoms. The van der Waals surface area contributed by atoms with E-state index in [2.05, 4.69) is 0 Å². The van der Waals surface area contributed by atoms with E-state index in [0.717, 1.165) is 11.3 Å². The zero-order valence-electron chi connectivity index (χ0n) is 7.32. The lowest BCUT2D eigenvalue weighted by Crippen LogP contribution is -2.28. The average Bonchev–Trinajstić information content (AvgIpc) is 2.63. The van der Waals surface area contributed by atoms with Crippen LogP contribution in [0, 0.1) is 0 Å². The van der Waals surface area contributed by atoms with Crippen LogP contribution in [0.2, 0.25) is 0 Å². The van der Waals surface area contributed by atoms with Crippen molar-refractivity contribution >= 4 is 23.3 Å². The van der Waals surface area contributed by atoms with Crippen LogP contribution in [0.15, 0.2) is 11.4 Å². The van der Waals surface area contributed by atoms with Crippen LogP contribution in [0.1, 0.15) is 21.3 Å². The molecule has 0 saturated heterocycles. The van der Waals surface area contributed by atoms with Gasteiger partial charge in [-0.1, -0.05) is 0 Å². The highest BCUT2D eigenvalue weighted by Crippen LogP contribution is 2.25. The molecule has 4 N–H and O–H groups in total. The van der Waals surface area contributed by atoms with Crippen molar-refractivity contribution in [2.24, 2.45) is 0 Å². The van der Waals surface area contributed by atoms with Gasteiger partial charge < -0.3 is 20.4 Å². The summed E-state index contributed by atoms with van der Waals surface area (Å²) >= 11 is 0.852. The highest BCUT2D eigenvalue weighted by Gasteiger charge is 2.29. The number of carboxylic acids is 2. The highest BCUT2D eigenvalue weighted by atomic mass is 32.1. The van der Waals surface area contributed by atoms with Crippen molar-refractivity contribution in [3.8, 4) is 0 Å². The number of hydrogen-bond donors (Lipinski definition) is 4. The van der Waals surface area contributed by atoms with Crippen LogP contribution in [0.4, 0.5) is 0 Å². The Labute approximate surface area is 88.0 Å². The third kappa shape index (κ3) is 2.32. The monoisotopic (exact) mass is 232 g/mol. The molecule has 1 heterocycles. The van der Waals surface area contributed by atoms with Gasteiger partial charge in [0.1, 0.15) is 11.0 Å². The summed E-state index contributed by atoms with van der Waals surface area (Å²) in [6, 6.07) is 1.27. The molecule has 0 aromatic carbocycles. The number of hydrogen-bond acceptors (Lipinski definition) is 5. The first-order valence-electron chi connectivity index (χ1n) is 3.84. The first-order valence-corrected chi connectivity index (χ1v) is 4.72. The van der Waals surface area contributed by atoms with Gasteiger partial charge in [-0.15, -0.1) is 11.3 Å². The molecule has 0 saturated carbocycles. The van der Waals surface area contributed by atoms with Crippen molar-refractivity contribution in [2.45, 2.75) is 12.2 Å². The third-order valence-corrected chi connectivity index (χ3v) is 2.68. The molecule has 0 radical (unpaired) electrons. The Kier molecular flexibility index (Phi) is 3.40. The molecule has 0 aliphatic heterocycles. The standard InChI is InChI=1S/C8H8O6S/c9-4(5(10)7(11)12)3-1-2-15-6(3)8(13)14/h1-2,4-5,9-10H,(H,11,12)(H,13,14). The fourth-order valence-corrected chi connectivity index (χ4v) is 1.81. The molecule has 0 spiro atoms. The van der Waals surface area contributed by atoms with Crippen LogP contribution < -0.4 is 0 Å². The van der Waals surface area contributed by atoms with Gasteiger partial charge in [0.05, 0.1) is 0 Å². The largest absolute Gasteiger partial charge is 0.479 e. The second-order valence-electron chi connectivity index (χ2n) is 2.74. The lowest BCUT2D eigenvalue weighted by atomic mass is 10.1. The number of carbonyl (C=O) groups is 2. The van der Waals surface area contributed by atoms with E-state index >= 15 is 0 Å². The van der Waals surface area contributed by atoms with Gasteiger partial charge >= 0.3 is 11.9 Å². The summed E-state index contributed by atoms with van der Waals surface area (Å²) in [6.45, 7) is 0. The van der Waals surface area contributed by atoms with Crippen LogP contribution in [0.3, 0.4) is 0 Å². The minimum absolute atomic E-state index is 0.0950. The zero-order valence-corrected chi connectivity index (χ0v) is 8.14. The quantitative estimate of drug-likeness (QED) is 0.577. The van der Waals surface area contributed by atoms with E-state index in [0.29, 0.717) is 0 Å². The summed E-state index contributed by atoms with van der Waals surface area (Å²) in [7, 11) is 0. The Morgan fingerprint density at radius 2 is 1.87 bits per heavy atom. The molecular formula is C8H8O6S. The number of carboxylic acid groups (broad SMARTS) is 2. The van der Waals surface area contributed by atoms with Crippen molar-refractivity contribution < 1.29 is 30.0 Å². The maximum atomic E-state index is 10.7. The normalized spacial score (nSPS) is 14.5. The van der Waals surface area contributed by atoms with E-state index in [4.69, 9.17) is 15.3 Å². The number of aliphatic hydroxyl groups is 2. The van der Waals surface area contributed by atoms with Crippen LogP contribution in [0.25, 0.3) is 0 Å². The fraction of sp³-hybridized carbons (Fsp3) is 0.250. The van der Waals surface area contributed by atoms with Gasteiger partial charge in [0, 0.05) is 5.56 Å². The van der Waals surface area contributed by atoms with E-state index < -0.39 is 24.1 Å². The van der Waals surface area contributed by atoms with Crippen LogP contribution >= 0.6 is 11.3 Å². The second-order valence-corrected chi connectivity index (χ2v) is 3.65. The van der Waals surface area contributed by atoms with Crippen molar-refractivity contribution in [3.63, 3.8) is 0 Å². The molecule has 2 unspecified atom stereocenters. The molecular weight excluding hydrogens is 224 g/mol.